The summed E-state index contributed by atoms with van der Waals surface area (Å²) in [6.07, 6.45) is -0.904. The molecule has 7 nitrogen and oxygen atoms in total. The van der Waals surface area contributed by atoms with Crippen molar-refractivity contribution in [3.8, 4) is 5.75 Å². The molecule has 0 bridgehead atoms. The highest BCUT2D eigenvalue weighted by molar-refractivity contribution is 5.95. The molecule has 27 heavy (non-hydrogen) atoms. The molecule has 2 amide bonds. The molecule has 7 heteroatoms. The van der Waals surface area contributed by atoms with E-state index >= 15 is 0 Å². The van der Waals surface area contributed by atoms with E-state index < -0.39 is 18.0 Å². The van der Waals surface area contributed by atoms with E-state index in [9.17, 15) is 14.4 Å². The van der Waals surface area contributed by atoms with Gasteiger partial charge in [-0.1, -0.05) is 12.1 Å². The van der Waals surface area contributed by atoms with Gasteiger partial charge in [0, 0.05) is 18.3 Å². The van der Waals surface area contributed by atoms with Gasteiger partial charge < -0.3 is 20.1 Å². The Hall–Kier alpha value is -3.35. The highest BCUT2D eigenvalue weighted by atomic mass is 16.5. The van der Waals surface area contributed by atoms with Gasteiger partial charge in [-0.05, 0) is 48.9 Å². The zero-order valence-corrected chi connectivity index (χ0v) is 15.4. The molecule has 0 heterocycles. The van der Waals surface area contributed by atoms with Crippen LogP contribution in [-0.2, 0) is 25.5 Å². The first-order chi connectivity index (χ1) is 12.9. The molecule has 0 spiro atoms. The molecule has 0 aliphatic rings. The summed E-state index contributed by atoms with van der Waals surface area (Å²) >= 11 is 0. The first-order valence-electron chi connectivity index (χ1n) is 8.38. The molecule has 0 aliphatic carbocycles. The van der Waals surface area contributed by atoms with Crippen LogP contribution in [0.1, 0.15) is 19.4 Å². The van der Waals surface area contributed by atoms with Gasteiger partial charge in [-0.25, -0.2) is 0 Å². The van der Waals surface area contributed by atoms with Crippen molar-refractivity contribution in [2.45, 2.75) is 26.4 Å². The van der Waals surface area contributed by atoms with Gasteiger partial charge in [-0.3, -0.25) is 14.4 Å². The van der Waals surface area contributed by atoms with Crippen molar-refractivity contribution in [2.24, 2.45) is 0 Å². The third-order valence-corrected chi connectivity index (χ3v) is 3.66. The van der Waals surface area contributed by atoms with Crippen molar-refractivity contribution in [3.63, 3.8) is 0 Å². The molecule has 0 saturated carbocycles. The van der Waals surface area contributed by atoms with Gasteiger partial charge in [0.2, 0.25) is 5.91 Å². The number of carbonyl (C=O) groups is 3. The zero-order valence-electron chi connectivity index (χ0n) is 15.4. The topological polar surface area (TPSA) is 93.7 Å². The molecule has 2 N–H and O–H groups in total. The number of ether oxygens (including phenoxy) is 2. The Balaban J connectivity index is 1.84. The Bertz CT molecular complexity index is 800. The van der Waals surface area contributed by atoms with Crippen LogP contribution in [0.25, 0.3) is 0 Å². The summed E-state index contributed by atoms with van der Waals surface area (Å²) in [4.78, 5) is 35.2. The summed E-state index contributed by atoms with van der Waals surface area (Å²) in [6.45, 7) is 2.93. The zero-order chi connectivity index (χ0) is 19.8. The summed E-state index contributed by atoms with van der Waals surface area (Å²) in [5, 5.41) is 5.32. The first kappa shape index (κ1) is 20.0. The Labute approximate surface area is 157 Å². The average Bonchev–Trinajstić information content (AvgIpc) is 2.63. The minimum atomic E-state index is -0.932. The highest BCUT2D eigenvalue weighted by Gasteiger charge is 2.18. The van der Waals surface area contributed by atoms with Crippen molar-refractivity contribution in [1.29, 1.82) is 0 Å². The lowest BCUT2D eigenvalue weighted by molar-refractivity contribution is -0.152. The minimum absolute atomic E-state index is 0.0283. The number of amides is 2. The Morgan fingerprint density at radius 3 is 2.04 bits per heavy atom. The third kappa shape index (κ3) is 6.47. The summed E-state index contributed by atoms with van der Waals surface area (Å²) in [6, 6.07) is 13.7. The maximum Gasteiger partial charge on any atom is 0.311 e. The van der Waals surface area contributed by atoms with Crippen LogP contribution in [0.5, 0.6) is 5.75 Å². The normalized spacial score (nSPS) is 11.2. The van der Waals surface area contributed by atoms with E-state index in [0.29, 0.717) is 17.1 Å². The number of esters is 1. The summed E-state index contributed by atoms with van der Waals surface area (Å²) in [5.41, 5.74) is 1.95. The Morgan fingerprint density at radius 2 is 1.48 bits per heavy atom. The maximum atomic E-state index is 12.1. The van der Waals surface area contributed by atoms with Gasteiger partial charge in [-0.2, -0.15) is 0 Å². The largest absolute Gasteiger partial charge is 0.497 e. The van der Waals surface area contributed by atoms with E-state index in [-0.39, 0.29) is 12.3 Å². The summed E-state index contributed by atoms with van der Waals surface area (Å²) in [5.74, 6) is -0.426. The van der Waals surface area contributed by atoms with Crippen LogP contribution in [0.2, 0.25) is 0 Å². The second-order valence-corrected chi connectivity index (χ2v) is 5.90. The fraction of sp³-hybridized carbons (Fsp3) is 0.250. The lowest BCUT2D eigenvalue weighted by Crippen LogP contribution is -2.30. The molecule has 2 aromatic carbocycles. The number of nitrogens with one attached hydrogen (secondary N) is 2. The molecule has 0 aliphatic heterocycles. The van der Waals surface area contributed by atoms with Crippen LogP contribution in [0.4, 0.5) is 11.4 Å². The van der Waals surface area contributed by atoms with Crippen LogP contribution in [-0.4, -0.2) is 31.0 Å². The molecule has 0 fully saturated rings. The third-order valence-electron chi connectivity index (χ3n) is 3.66. The standard InChI is InChI=1S/C20H22N2O5/c1-13(20(25)22-17-8-10-18(26-3)11-9-17)27-19(24)12-15-4-6-16(7-5-15)21-14(2)23/h4-11,13H,12H2,1-3H3,(H,21,23)(H,22,25)/t13-/m0/s1. The Morgan fingerprint density at radius 1 is 0.926 bits per heavy atom. The Kier molecular flexibility index (Phi) is 6.93. The van der Waals surface area contributed by atoms with Crippen molar-refractivity contribution in [3.05, 3.63) is 54.1 Å². The van der Waals surface area contributed by atoms with Gasteiger partial charge in [0.15, 0.2) is 6.10 Å². The summed E-state index contributed by atoms with van der Waals surface area (Å²) in [7, 11) is 1.56. The van der Waals surface area contributed by atoms with E-state index in [1.54, 1.807) is 55.6 Å². The molecule has 1 atom stereocenters. The summed E-state index contributed by atoms with van der Waals surface area (Å²) < 4.78 is 10.2. The molecule has 0 aromatic heterocycles. The quantitative estimate of drug-likeness (QED) is 0.731. The molecule has 2 rings (SSSR count). The smallest absolute Gasteiger partial charge is 0.311 e. The second-order valence-electron chi connectivity index (χ2n) is 5.90. The monoisotopic (exact) mass is 370 g/mol. The predicted octanol–water partition coefficient (Wildman–Crippen LogP) is 2.77. The van der Waals surface area contributed by atoms with Crippen LogP contribution in [0, 0.1) is 0 Å². The van der Waals surface area contributed by atoms with Gasteiger partial charge in [-0.15, -0.1) is 0 Å². The fourth-order valence-electron chi connectivity index (χ4n) is 2.29. The second kappa shape index (κ2) is 9.38. The SMILES string of the molecule is COc1ccc(NC(=O)[C@H](C)OC(=O)Cc2ccc(NC(C)=O)cc2)cc1. The van der Waals surface area contributed by atoms with Gasteiger partial charge in [0.05, 0.1) is 13.5 Å². The van der Waals surface area contributed by atoms with Crippen molar-refractivity contribution >= 4 is 29.2 Å². The van der Waals surface area contributed by atoms with Gasteiger partial charge in [0.1, 0.15) is 5.75 Å². The van der Waals surface area contributed by atoms with E-state index in [4.69, 9.17) is 9.47 Å². The van der Waals surface area contributed by atoms with Crippen LogP contribution in [0.3, 0.4) is 0 Å². The maximum absolute atomic E-state index is 12.1. The van der Waals surface area contributed by atoms with Crippen molar-refractivity contribution in [2.75, 3.05) is 17.7 Å². The molecule has 2 aromatic rings. The van der Waals surface area contributed by atoms with Crippen LogP contribution in [0.15, 0.2) is 48.5 Å². The van der Waals surface area contributed by atoms with E-state index in [2.05, 4.69) is 10.6 Å². The lowest BCUT2D eigenvalue weighted by Gasteiger charge is -2.14. The molecule has 0 unspecified atom stereocenters. The highest BCUT2D eigenvalue weighted by Crippen LogP contribution is 2.16. The average molecular weight is 370 g/mol. The number of methoxy groups -OCH3 is 1. The number of carbonyl (C=O) groups excluding carboxylic acids is 3. The fourth-order valence-corrected chi connectivity index (χ4v) is 2.29. The minimum Gasteiger partial charge on any atom is -0.497 e. The molecule has 0 saturated heterocycles. The number of hydrogen-bond acceptors (Lipinski definition) is 5. The van der Waals surface area contributed by atoms with E-state index in [1.165, 1.54) is 13.8 Å². The lowest BCUT2D eigenvalue weighted by atomic mass is 10.1. The number of rotatable bonds is 7. The number of hydrogen-bond donors (Lipinski definition) is 2. The van der Waals surface area contributed by atoms with E-state index in [0.717, 1.165) is 5.56 Å². The van der Waals surface area contributed by atoms with Crippen molar-refractivity contribution in [1.82, 2.24) is 0 Å². The molecular formula is C20H22N2O5. The number of benzene rings is 2. The molecule has 0 radical (unpaired) electrons. The van der Waals surface area contributed by atoms with E-state index in [1.807, 2.05) is 0 Å². The van der Waals surface area contributed by atoms with Gasteiger partial charge >= 0.3 is 5.97 Å². The van der Waals surface area contributed by atoms with Crippen LogP contribution < -0.4 is 15.4 Å². The van der Waals surface area contributed by atoms with Crippen molar-refractivity contribution < 1.29 is 23.9 Å². The number of anilines is 2. The molecule has 142 valence electrons. The molecular weight excluding hydrogens is 348 g/mol. The first-order valence-corrected chi connectivity index (χ1v) is 8.38. The van der Waals surface area contributed by atoms with Crippen LogP contribution >= 0.6 is 0 Å². The van der Waals surface area contributed by atoms with Gasteiger partial charge in [0.25, 0.3) is 5.91 Å². The predicted molar refractivity (Wildman–Crippen MR) is 102 cm³/mol.